The molecule has 1 aliphatic heterocycles. The van der Waals surface area contributed by atoms with Crippen LogP contribution in [0.4, 0.5) is 13.2 Å². The number of hydrogen-bond acceptors (Lipinski definition) is 5. The highest BCUT2D eigenvalue weighted by Gasteiger charge is 2.33. The lowest BCUT2D eigenvalue weighted by atomic mass is 9.95. The maximum atomic E-state index is 13.2. The van der Waals surface area contributed by atoms with E-state index in [1.807, 2.05) is 0 Å². The van der Waals surface area contributed by atoms with Crippen LogP contribution in [0.15, 0.2) is 23.2 Å². The van der Waals surface area contributed by atoms with E-state index in [0.29, 0.717) is 22.3 Å². The first-order chi connectivity index (χ1) is 10.9. The zero-order valence-corrected chi connectivity index (χ0v) is 12.3. The molecule has 0 aliphatic carbocycles. The molecule has 5 nitrogen and oxygen atoms in total. The standard InChI is InChI=1S/C15H12F3N3O2/c1-22-13-5-11(14(23-2)21-20-13)10-4-9(15(16,17)18)3-8-6-19-7-12(8)10/h3-5,7H,6H2,1-2H3. The maximum absolute atomic E-state index is 13.2. The first-order valence-corrected chi connectivity index (χ1v) is 6.64. The SMILES string of the molecule is COc1cc(-c2cc(C(F)(F)F)cc3c2C=NC3)c(OC)nn1. The van der Waals surface area contributed by atoms with Gasteiger partial charge in [-0.1, -0.05) is 0 Å². The minimum Gasteiger partial charge on any atom is -0.480 e. The Kier molecular flexibility index (Phi) is 3.67. The van der Waals surface area contributed by atoms with Crippen LogP contribution in [-0.4, -0.2) is 30.6 Å². The number of aliphatic imine (C=N–C) groups is 1. The van der Waals surface area contributed by atoms with Crippen LogP contribution in [-0.2, 0) is 12.7 Å². The summed E-state index contributed by atoms with van der Waals surface area (Å²) in [7, 11) is 2.78. The van der Waals surface area contributed by atoms with Crippen molar-refractivity contribution in [3.8, 4) is 22.9 Å². The fourth-order valence-corrected chi connectivity index (χ4v) is 2.42. The summed E-state index contributed by atoms with van der Waals surface area (Å²) in [6.45, 7) is 0.213. The van der Waals surface area contributed by atoms with Crippen molar-refractivity contribution >= 4 is 6.21 Å². The third-order valence-corrected chi connectivity index (χ3v) is 3.51. The number of alkyl halides is 3. The molecule has 0 saturated carbocycles. The van der Waals surface area contributed by atoms with Gasteiger partial charge in [-0.05, 0) is 23.3 Å². The summed E-state index contributed by atoms with van der Waals surface area (Å²) in [5.41, 5.74) is 1.09. The molecule has 2 aromatic rings. The van der Waals surface area contributed by atoms with Gasteiger partial charge in [0, 0.05) is 17.8 Å². The Bertz CT molecular complexity index is 788. The van der Waals surface area contributed by atoms with Gasteiger partial charge in [0.2, 0.25) is 11.8 Å². The van der Waals surface area contributed by atoms with Crippen LogP contribution in [0.5, 0.6) is 11.8 Å². The Morgan fingerprint density at radius 2 is 1.78 bits per heavy atom. The highest BCUT2D eigenvalue weighted by Crippen LogP contribution is 2.39. The van der Waals surface area contributed by atoms with Crippen molar-refractivity contribution in [3.05, 3.63) is 34.9 Å². The van der Waals surface area contributed by atoms with Crippen molar-refractivity contribution in [3.63, 3.8) is 0 Å². The van der Waals surface area contributed by atoms with E-state index in [0.717, 1.165) is 12.1 Å². The van der Waals surface area contributed by atoms with Crippen LogP contribution in [0, 0.1) is 0 Å². The van der Waals surface area contributed by atoms with Crippen LogP contribution in [0.3, 0.4) is 0 Å². The van der Waals surface area contributed by atoms with E-state index < -0.39 is 11.7 Å². The van der Waals surface area contributed by atoms with Crippen molar-refractivity contribution in [2.45, 2.75) is 12.7 Å². The fourth-order valence-electron chi connectivity index (χ4n) is 2.42. The zero-order valence-electron chi connectivity index (χ0n) is 12.3. The summed E-state index contributed by atoms with van der Waals surface area (Å²) in [6.07, 6.45) is -2.90. The van der Waals surface area contributed by atoms with Crippen molar-refractivity contribution in [2.75, 3.05) is 14.2 Å². The Morgan fingerprint density at radius 3 is 2.43 bits per heavy atom. The number of halogens is 3. The van der Waals surface area contributed by atoms with Gasteiger partial charge in [0.15, 0.2) is 0 Å². The van der Waals surface area contributed by atoms with E-state index in [-0.39, 0.29) is 18.3 Å². The second kappa shape index (κ2) is 5.53. The third-order valence-electron chi connectivity index (χ3n) is 3.51. The molecule has 0 saturated heterocycles. The molecule has 120 valence electrons. The Hall–Kier alpha value is -2.64. The maximum Gasteiger partial charge on any atom is 0.416 e. The average Bonchev–Trinajstić information content (AvgIpc) is 3.01. The topological polar surface area (TPSA) is 56.6 Å². The summed E-state index contributed by atoms with van der Waals surface area (Å²) in [5, 5.41) is 7.60. The molecule has 3 rings (SSSR count). The molecule has 1 aromatic heterocycles. The summed E-state index contributed by atoms with van der Waals surface area (Å²) in [5.74, 6) is 0.300. The summed E-state index contributed by atoms with van der Waals surface area (Å²) >= 11 is 0. The highest BCUT2D eigenvalue weighted by molar-refractivity contribution is 5.95. The molecule has 0 N–H and O–H groups in total. The Morgan fingerprint density at radius 1 is 1.00 bits per heavy atom. The number of hydrogen-bond donors (Lipinski definition) is 0. The first kappa shape index (κ1) is 15.3. The zero-order chi connectivity index (χ0) is 16.6. The molecule has 2 heterocycles. The second-order valence-electron chi connectivity index (χ2n) is 4.87. The van der Waals surface area contributed by atoms with Crippen molar-refractivity contribution in [1.29, 1.82) is 0 Å². The van der Waals surface area contributed by atoms with Crippen molar-refractivity contribution in [2.24, 2.45) is 4.99 Å². The molecular weight excluding hydrogens is 311 g/mol. The van der Waals surface area contributed by atoms with Crippen LogP contribution in [0.25, 0.3) is 11.1 Å². The number of ether oxygens (including phenoxy) is 2. The molecule has 0 fully saturated rings. The average molecular weight is 323 g/mol. The fraction of sp³-hybridized carbons (Fsp3) is 0.267. The normalized spacial score (nSPS) is 13.1. The largest absolute Gasteiger partial charge is 0.480 e. The molecule has 1 aromatic carbocycles. The molecule has 23 heavy (non-hydrogen) atoms. The first-order valence-electron chi connectivity index (χ1n) is 6.64. The number of nitrogens with zero attached hydrogens (tertiary/aromatic N) is 3. The Balaban J connectivity index is 2.27. The van der Waals surface area contributed by atoms with Gasteiger partial charge < -0.3 is 9.47 Å². The molecule has 8 heteroatoms. The van der Waals surface area contributed by atoms with E-state index >= 15 is 0 Å². The molecular formula is C15H12F3N3O2. The lowest BCUT2D eigenvalue weighted by molar-refractivity contribution is -0.137. The van der Waals surface area contributed by atoms with E-state index in [2.05, 4.69) is 15.2 Å². The number of benzene rings is 1. The van der Waals surface area contributed by atoms with Gasteiger partial charge in [0.05, 0.1) is 31.9 Å². The number of methoxy groups -OCH3 is 2. The van der Waals surface area contributed by atoms with Gasteiger partial charge in [0.25, 0.3) is 0 Å². The number of fused-ring (bicyclic) bond motifs is 1. The van der Waals surface area contributed by atoms with Gasteiger partial charge in [-0.2, -0.15) is 13.2 Å². The van der Waals surface area contributed by atoms with Crippen molar-refractivity contribution in [1.82, 2.24) is 10.2 Å². The molecule has 0 spiro atoms. The van der Waals surface area contributed by atoms with Gasteiger partial charge in [-0.25, -0.2) is 0 Å². The molecule has 0 atom stereocenters. The number of aromatic nitrogens is 2. The van der Waals surface area contributed by atoms with Gasteiger partial charge in [-0.15, -0.1) is 10.2 Å². The predicted octanol–water partition coefficient (Wildman–Crippen LogP) is 3.11. The summed E-state index contributed by atoms with van der Waals surface area (Å²) in [6, 6.07) is 3.67. The third kappa shape index (κ3) is 2.71. The second-order valence-corrected chi connectivity index (χ2v) is 4.87. The van der Waals surface area contributed by atoms with Crippen LogP contribution >= 0.6 is 0 Å². The molecule has 0 amide bonds. The molecule has 0 bridgehead atoms. The summed E-state index contributed by atoms with van der Waals surface area (Å²) in [4.78, 5) is 4.06. The van der Waals surface area contributed by atoms with Gasteiger partial charge in [-0.3, -0.25) is 4.99 Å². The highest BCUT2D eigenvalue weighted by atomic mass is 19.4. The van der Waals surface area contributed by atoms with Gasteiger partial charge >= 0.3 is 6.18 Å². The van der Waals surface area contributed by atoms with E-state index in [4.69, 9.17) is 9.47 Å². The molecule has 0 radical (unpaired) electrons. The predicted molar refractivity (Wildman–Crippen MR) is 76.9 cm³/mol. The minimum atomic E-state index is -4.45. The van der Waals surface area contributed by atoms with E-state index in [9.17, 15) is 13.2 Å². The van der Waals surface area contributed by atoms with Crippen LogP contribution < -0.4 is 9.47 Å². The van der Waals surface area contributed by atoms with Crippen LogP contribution in [0.2, 0.25) is 0 Å². The Labute approximate surface area is 129 Å². The monoisotopic (exact) mass is 323 g/mol. The van der Waals surface area contributed by atoms with Crippen molar-refractivity contribution < 1.29 is 22.6 Å². The van der Waals surface area contributed by atoms with E-state index in [1.54, 1.807) is 6.21 Å². The lowest BCUT2D eigenvalue weighted by Crippen LogP contribution is -2.08. The smallest absolute Gasteiger partial charge is 0.416 e. The molecule has 1 aliphatic rings. The quantitative estimate of drug-likeness (QED) is 0.871. The molecule has 0 unspecified atom stereocenters. The minimum absolute atomic E-state index is 0.118. The lowest BCUT2D eigenvalue weighted by Gasteiger charge is -2.15. The number of rotatable bonds is 3. The van der Waals surface area contributed by atoms with Gasteiger partial charge in [0.1, 0.15) is 0 Å². The van der Waals surface area contributed by atoms with E-state index in [1.165, 1.54) is 20.3 Å². The van der Waals surface area contributed by atoms with Crippen LogP contribution in [0.1, 0.15) is 16.7 Å². The summed E-state index contributed by atoms with van der Waals surface area (Å²) < 4.78 is 49.6.